The van der Waals surface area contributed by atoms with Crippen LogP contribution in [0.1, 0.15) is 40.6 Å². The Morgan fingerprint density at radius 3 is 2.65 bits per heavy atom. The van der Waals surface area contributed by atoms with E-state index in [9.17, 15) is 4.39 Å². The molecule has 1 aliphatic heterocycles. The predicted octanol–water partition coefficient (Wildman–Crippen LogP) is 8.64. The minimum atomic E-state index is -0.289. The number of anilines is 1. The van der Waals surface area contributed by atoms with Gasteiger partial charge in [-0.2, -0.15) is 0 Å². The highest BCUT2D eigenvalue weighted by molar-refractivity contribution is 6.30. The summed E-state index contributed by atoms with van der Waals surface area (Å²) >= 11 is 6.24. The molecule has 2 aliphatic rings. The summed E-state index contributed by atoms with van der Waals surface area (Å²) in [5.74, 6) is 1.26. The first-order valence-electron chi connectivity index (χ1n) is 12.5. The summed E-state index contributed by atoms with van der Waals surface area (Å²) in [7, 11) is 0. The Hall–Kier alpha value is -3.89. The monoisotopic (exact) mass is 508 g/mol. The molecule has 4 aromatic carbocycles. The quantitative estimate of drug-likeness (QED) is 0.209. The van der Waals surface area contributed by atoms with Crippen molar-refractivity contribution in [3.8, 4) is 5.75 Å². The van der Waals surface area contributed by atoms with Crippen molar-refractivity contribution < 1.29 is 9.13 Å². The molecule has 0 saturated carbocycles. The lowest BCUT2D eigenvalue weighted by atomic mass is 9.77. The molecule has 3 atom stereocenters. The lowest BCUT2D eigenvalue weighted by Crippen LogP contribution is -2.28. The van der Waals surface area contributed by atoms with Gasteiger partial charge < -0.3 is 10.1 Å². The summed E-state index contributed by atoms with van der Waals surface area (Å²) < 4.78 is 19.9. The van der Waals surface area contributed by atoms with E-state index in [1.165, 1.54) is 22.9 Å². The van der Waals surface area contributed by atoms with E-state index in [0.29, 0.717) is 28.2 Å². The maximum Gasteiger partial charge on any atom is 0.129 e. The second-order valence-corrected chi connectivity index (χ2v) is 9.91. The molecule has 0 bridgehead atoms. The number of nitrogens with zero attached hydrogens (tertiary/aromatic N) is 1. The lowest BCUT2D eigenvalue weighted by Gasteiger charge is -2.37. The highest BCUT2D eigenvalue weighted by atomic mass is 35.5. The maximum absolute atomic E-state index is 14.0. The first-order chi connectivity index (χ1) is 18.2. The number of fused-ring (bicyclic) bond motifs is 3. The van der Waals surface area contributed by atoms with Gasteiger partial charge in [-0.1, -0.05) is 72.3 Å². The van der Waals surface area contributed by atoms with Gasteiger partial charge >= 0.3 is 0 Å². The largest absolute Gasteiger partial charge is 0.488 e. The summed E-state index contributed by atoms with van der Waals surface area (Å²) in [6.07, 6.45) is 7.47. The molecular formula is C32H26ClFN2O. The Balaban J connectivity index is 1.19. The standard InChI is InChI=1S/C32H26ClFN2O/c33-24-14-17-31(37-20-22-6-1-3-10-29(22)34)23(18-24)19-35-25-15-12-21(13-16-25)32-28-9-5-8-26(28)27-7-2-4-11-30(27)36-32/h1-8,10-19,26,28,32,36H,9,20H2/t26-,28-,32-/m0/s1. The molecule has 0 spiro atoms. The summed E-state index contributed by atoms with van der Waals surface area (Å²) in [5, 5.41) is 4.35. The number of para-hydroxylation sites is 1. The van der Waals surface area contributed by atoms with E-state index in [-0.39, 0.29) is 18.5 Å². The van der Waals surface area contributed by atoms with Crippen LogP contribution in [0, 0.1) is 11.7 Å². The smallest absolute Gasteiger partial charge is 0.129 e. The van der Waals surface area contributed by atoms with Crippen molar-refractivity contribution in [2.24, 2.45) is 10.9 Å². The summed E-state index contributed by atoms with van der Waals surface area (Å²) in [6.45, 7) is 0.123. The van der Waals surface area contributed by atoms with Crippen LogP contribution in [0.4, 0.5) is 15.8 Å². The highest BCUT2D eigenvalue weighted by Crippen LogP contribution is 2.49. The Kier molecular flexibility index (Phi) is 6.50. The second-order valence-electron chi connectivity index (χ2n) is 9.47. The average molecular weight is 509 g/mol. The first-order valence-corrected chi connectivity index (χ1v) is 12.9. The maximum atomic E-state index is 14.0. The van der Waals surface area contributed by atoms with Gasteiger partial charge in [0.05, 0.1) is 11.7 Å². The normalized spacial score (nSPS) is 19.9. The van der Waals surface area contributed by atoms with Crippen LogP contribution in [0.5, 0.6) is 5.75 Å². The molecule has 0 radical (unpaired) electrons. The molecule has 0 saturated heterocycles. The number of halogens is 2. The highest BCUT2D eigenvalue weighted by Gasteiger charge is 2.37. The Bertz CT molecular complexity index is 1480. The van der Waals surface area contributed by atoms with Crippen molar-refractivity contribution in [1.29, 1.82) is 0 Å². The predicted molar refractivity (Wildman–Crippen MR) is 149 cm³/mol. The van der Waals surface area contributed by atoms with Gasteiger partial charge in [0.15, 0.2) is 0 Å². The van der Waals surface area contributed by atoms with Crippen LogP contribution in [-0.2, 0) is 6.61 Å². The van der Waals surface area contributed by atoms with Gasteiger partial charge in [0, 0.05) is 34.0 Å². The fourth-order valence-corrected chi connectivity index (χ4v) is 5.49. The number of aliphatic imine (C=N–C) groups is 1. The van der Waals surface area contributed by atoms with E-state index in [1.807, 2.05) is 12.1 Å². The molecular weight excluding hydrogens is 483 g/mol. The molecule has 6 rings (SSSR count). The topological polar surface area (TPSA) is 33.6 Å². The number of benzene rings is 4. The minimum Gasteiger partial charge on any atom is -0.488 e. The van der Waals surface area contributed by atoms with E-state index in [1.54, 1.807) is 42.6 Å². The average Bonchev–Trinajstić information content (AvgIpc) is 3.43. The SMILES string of the molecule is Fc1ccccc1COc1ccc(Cl)cc1C=Nc1ccc([C@@H]2Nc3ccccc3[C@@H]3C=CC[C@@H]32)cc1. The third-order valence-electron chi connectivity index (χ3n) is 7.19. The van der Waals surface area contributed by atoms with Crippen LogP contribution in [0.15, 0.2) is 108 Å². The van der Waals surface area contributed by atoms with Crippen molar-refractivity contribution in [2.75, 3.05) is 5.32 Å². The second kappa shape index (κ2) is 10.2. The lowest BCUT2D eigenvalue weighted by molar-refractivity contribution is 0.299. The number of allylic oxidation sites excluding steroid dienone is 2. The Morgan fingerprint density at radius 2 is 1.78 bits per heavy atom. The molecule has 0 unspecified atom stereocenters. The molecule has 3 nitrogen and oxygen atoms in total. The number of nitrogens with one attached hydrogen (secondary N) is 1. The molecule has 5 heteroatoms. The number of rotatable bonds is 6. The summed E-state index contributed by atoms with van der Waals surface area (Å²) in [5.41, 5.74) is 5.91. The zero-order valence-corrected chi connectivity index (χ0v) is 20.9. The van der Waals surface area contributed by atoms with E-state index < -0.39 is 0 Å². The van der Waals surface area contributed by atoms with Crippen LogP contribution in [0.25, 0.3) is 0 Å². The van der Waals surface area contributed by atoms with Crippen molar-refractivity contribution in [2.45, 2.75) is 25.0 Å². The number of hydrogen-bond acceptors (Lipinski definition) is 3. The molecule has 0 amide bonds. The summed E-state index contributed by atoms with van der Waals surface area (Å²) in [4.78, 5) is 4.67. The van der Waals surface area contributed by atoms with Crippen molar-refractivity contribution in [3.63, 3.8) is 0 Å². The van der Waals surface area contributed by atoms with E-state index in [0.717, 1.165) is 17.7 Å². The molecule has 1 aliphatic carbocycles. The zero-order chi connectivity index (χ0) is 25.2. The Morgan fingerprint density at radius 1 is 0.973 bits per heavy atom. The van der Waals surface area contributed by atoms with Crippen molar-refractivity contribution >= 4 is 29.2 Å². The minimum absolute atomic E-state index is 0.123. The van der Waals surface area contributed by atoms with Crippen LogP contribution in [0.3, 0.4) is 0 Å². The fourth-order valence-electron chi connectivity index (χ4n) is 5.31. The van der Waals surface area contributed by atoms with E-state index in [2.05, 4.69) is 58.9 Å². The van der Waals surface area contributed by atoms with E-state index in [4.69, 9.17) is 16.3 Å². The number of hydrogen-bond donors (Lipinski definition) is 1. The molecule has 4 aromatic rings. The zero-order valence-electron chi connectivity index (χ0n) is 20.1. The molecule has 184 valence electrons. The first kappa shape index (κ1) is 23.5. The molecule has 0 fully saturated rings. The van der Waals surface area contributed by atoms with Crippen molar-refractivity contribution in [1.82, 2.24) is 0 Å². The van der Waals surface area contributed by atoms with Crippen LogP contribution in [-0.4, -0.2) is 6.21 Å². The van der Waals surface area contributed by atoms with Gasteiger partial charge in [0.1, 0.15) is 18.2 Å². The van der Waals surface area contributed by atoms with Gasteiger partial charge in [0.2, 0.25) is 0 Å². The third-order valence-corrected chi connectivity index (χ3v) is 7.42. The van der Waals surface area contributed by atoms with Crippen LogP contribution >= 0.6 is 11.6 Å². The third kappa shape index (κ3) is 4.90. The van der Waals surface area contributed by atoms with Gasteiger partial charge in [-0.25, -0.2) is 4.39 Å². The number of ether oxygens (including phenoxy) is 1. The Labute approximate surface area is 221 Å². The molecule has 1 N–H and O–H groups in total. The van der Waals surface area contributed by atoms with Gasteiger partial charge in [-0.3, -0.25) is 4.99 Å². The van der Waals surface area contributed by atoms with Crippen LogP contribution in [0.2, 0.25) is 5.02 Å². The molecule has 37 heavy (non-hydrogen) atoms. The van der Waals surface area contributed by atoms with Gasteiger partial charge in [-0.05, 0) is 65.9 Å². The van der Waals surface area contributed by atoms with Crippen molar-refractivity contribution in [3.05, 3.63) is 136 Å². The summed E-state index contributed by atoms with van der Waals surface area (Å²) in [6, 6.07) is 29.2. The van der Waals surface area contributed by atoms with Crippen LogP contribution < -0.4 is 10.1 Å². The van der Waals surface area contributed by atoms with Gasteiger partial charge in [-0.15, -0.1) is 0 Å². The molecule has 1 heterocycles. The van der Waals surface area contributed by atoms with Gasteiger partial charge in [0.25, 0.3) is 0 Å². The van der Waals surface area contributed by atoms with E-state index >= 15 is 0 Å². The molecule has 0 aromatic heterocycles. The fraction of sp³-hybridized carbons (Fsp3) is 0.156.